The van der Waals surface area contributed by atoms with Crippen LogP contribution in [0.25, 0.3) is 5.52 Å². The molecule has 9 nitrogen and oxygen atoms in total. The molecular formula is C29H36N4O5. The zero-order valence-corrected chi connectivity index (χ0v) is 22.2. The van der Waals surface area contributed by atoms with Gasteiger partial charge in [-0.05, 0) is 83.1 Å². The fraction of sp³-hybridized carbons (Fsp3) is 0.483. The first kappa shape index (κ1) is 26.0. The number of carbonyl (C=O) groups excluding carboxylic acids is 2. The smallest absolute Gasteiger partial charge is 0.255 e. The molecule has 0 aliphatic heterocycles. The molecule has 3 aromatic rings. The third-order valence-corrected chi connectivity index (χ3v) is 7.24. The second-order valence-electron chi connectivity index (χ2n) is 11.2. The highest BCUT2D eigenvalue weighted by molar-refractivity contribution is 6.01. The zero-order valence-electron chi connectivity index (χ0n) is 22.2. The lowest BCUT2D eigenvalue weighted by Crippen LogP contribution is -2.39. The van der Waals surface area contributed by atoms with Crippen molar-refractivity contribution in [1.82, 2.24) is 14.9 Å². The Balaban J connectivity index is 1.24. The van der Waals surface area contributed by atoms with E-state index in [-0.39, 0.29) is 24.7 Å². The van der Waals surface area contributed by atoms with E-state index in [0.717, 1.165) is 55.3 Å². The van der Waals surface area contributed by atoms with Gasteiger partial charge in [0.15, 0.2) is 0 Å². The maximum atomic E-state index is 13.3. The first-order valence-corrected chi connectivity index (χ1v) is 13.3. The molecule has 202 valence electrons. The summed E-state index contributed by atoms with van der Waals surface area (Å²) in [6.07, 6.45) is 6.75. The van der Waals surface area contributed by atoms with Crippen molar-refractivity contribution in [1.29, 1.82) is 0 Å². The molecule has 0 spiro atoms. The number of hydrogen-bond donors (Lipinski definition) is 3. The van der Waals surface area contributed by atoms with Crippen molar-refractivity contribution < 1.29 is 24.2 Å². The number of ether oxygens (including phenoxy) is 2. The molecule has 2 fully saturated rings. The number of benzene rings is 1. The Bertz CT molecular complexity index is 1350. The van der Waals surface area contributed by atoms with Crippen LogP contribution in [0.15, 0.2) is 36.5 Å². The number of para-hydroxylation sites is 1. The summed E-state index contributed by atoms with van der Waals surface area (Å²) in [7, 11) is 0. The van der Waals surface area contributed by atoms with Crippen molar-refractivity contribution in [2.24, 2.45) is 5.73 Å². The van der Waals surface area contributed by atoms with E-state index < -0.39 is 11.5 Å². The van der Waals surface area contributed by atoms with Gasteiger partial charge in [0.25, 0.3) is 11.8 Å². The van der Waals surface area contributed by atoms with Gasteiger partial charge in [0, 0.05) is 12.0 Å². The maximum absolute atomic E-state index is 13.3. The SMILES string of the molecule is Cc1cccc(C(N)=O)c1OC1CCC(NC(=O)c2cnn3c(C4CC4)c(OCC(C)(C)O)ccc23)CC1. The number of nitrogens with two attached hydrogens (primary N) is 1. The largest absolute Gasteiger partial charge is 0.489 e. The number of aliphatic hydroxyl groups is 1. The van der Waals surface area contributed by atoms with Gasteiger partial charge in [-0.15, -0.1) is 0 Å². The molecule has 4 N–H and O–H groups in total. The molecular weight excluding hydrogens is 484 g/mol. The van der Waals surface area contributed by atoms with Gasteiger partial charge in [0.2, 0.25) is 0 Å². The van der Waals surface area contributed by atoms with Crippen LogP contribution in [0.4, 0.5) is 0 Å². The summed E-state index contributed by atoms with van der Waals surface area (Å²) in [6, 6.07) is 9.15. The number of aryl methyl sites for hydroxylation is 1. The number of nitrogens with one attached hydrogen (secondary N) is 1. The molecule has 38 heavy (non-hydrogen) atoms. The minimum Gasteiger partial charge on any atom is -0.489 e. The second-order valence-corrected chi connectivity index (χ2v) is 11.2. The number of hydrogen-bond acceptors (Lipinski definition) is 6. The van der Waals surface area contributed by atoms with E-state index in [4.69, 9.17) is 15.2 Å². The molecule has 2 amide bonds. The summed E-state index contributed by atoms with van der Waals surface area (Å²) in [5.74, 6) is 0.940. The third kappa shape index (κ3) is 5.62. The Hall–Kier alpha value is -3.59. The summed E-state index contributed by atoms with van der Waals surface area (Å²) >= 11 is 0. The Kier molecular flexibility index (Phi) is 7.05. The van der Waals surface area contributed by atoms with Gasteiger partial charge < -0.3 is 25.6 Å². The van der Waals surface area contributed by atoms with Gasteiger partial charge in [-0.3, -0.25) is 9.59 Å². The summed E-state index contributed by atoms with van der Waals surface area (Å²) in [5.41, 5.74) is 8.09. The lowest BCUT2D eigenvalue weighted by molar-refractivity contribution is 0.0279. The molecule has 0 bridgehead atoms. The number of primary amides is 1. The van der Waals surface area contributed by atoms with E-state index >= 15 is 0 Å². The van der Waals surface area contributed by atoms with Crippen LogP contribution in [-0.2, 0) is 0 Å². The first-order chi connectivity index (χ1) is 18.1. The molecule has 2 aliphatic carbocycles. The van der Waals surface area contributed by atoms with Crippen molar-refractivity contribution in [3.8, 4) is 11.5 Å². The van der Waals surface area contributed by atoms with Gasteiger partial charge in [-0.2, -0.15) is 5.10 Å². The Labute approximate surface area is 222 Å². The van der Waals surface area contributed by atoms with Crippen LogP contribution in [0.2, 0.25) is 0 Å². The monoisotopic (exact) mass is 520 g/mol. The summed E-state index contributed by atoms with van der Waals surface area (Å²) in [6.45, 7) is 5.49. The Morgan fingerprint density at radius 2 is 1.84 bits per heavy atom. The molecule has 2 heterocycles. The highest BCUT2D eigenvalue weighted by atomic mass is 16.5. The van der Waals surface area contributed by atoms with Gasteiger partial charge >= 0.3 is 0 Å². The van der Waals surface area contributed by atoms with Crippen molar-refractivity contribution in [2.75, 3.05) is 6.61 Å². The number of fused-ring (bicyclic) bond motifs is 1. The van der Waals surface area contributed by atoms with E-state index in [1.807, 2.05) is 29.6 Å². The van der Waals surface area contributed by atoms with E-state index in [0.29, 0.717) is 28.5 Å². The molecule has 2 saturated carbocycles. The Morgan fingerprint density at radius 3 is 2.50 bits per heavy atom. The predicted molar refractivity (Wildman–Crippen MR) is 143 cm³/mol. The van der Waals surface area contributed by atoms with Crippen LogP contribution in [0.1, 0.15) is 90.3 Å². The maximum Gasteiger partial charge on any atom is 0.255 e. The van der Waals surface area contributed by atoms with Crippen molar-refractivity contribution in [3.05, 3.63) is 58.9 Å². The third-order valence-electron chi connectivity index (χ3n) is 7.24. The number of pyridine rings is 1. The predicted octanol–water partition coefficient (Wildman–Crippen LogP) is 3.89. The topological polar surface area (TPSA) is 128 Å². The normalized spacial score (nSPS) is 19.8. The van der Waals surface area contributed by atoms with Crippen molar-refractivity contribution >= 4 is 17.3 Å². The molecule has 0 radical (unpaired) electrons. The van der Waals surface area contributed by atoms with E-state index in [9.17, 15) is 14.7 Å². The van der Waals surface area contributed by atoms with Crippen LogP contribution in [0, 0.1) is 6.92 Å². The average Bonchev–Trinajstić information content (AvgIpc) is 3.61. The summed E-state index contributed by atoms with van der Waals surface area (Å²) in [5, 5.41) is 17.8. The molecule has 2 aromatic heterocycles. The summed E-state index contributed by atoms with van der Waals surface area (Å²) < 4.78 is 13.9. The van der Waals surface area contributed by atoms with Gasteiger partial charge in [-0.1, -0.05) is 12.1 Å². The quantitative estimate of drug-likeness (QED) is 0.393. The first-order valence-electron chi connectivity index (χ1n) is 13.3. The number of rotatable bonds is 9. The standard InChI is InChI=1S/C29H36N4O5/c1-17-5-4-6-21(27(30)34)26(17)38-20-11-9-19(10-12-20)32-28(35)22-15-31-33-23(22)13-14-24(25(33)18-7-8-18)37-16-29(2,3)36/h4-6,13-15,18-20,36H,7-12,16H2,1-3H3,(H2,30,34)(H,32,35). The molecule has 9 heteroatoms. The minimum atomic E-state index is -0.945. The van der Waals surface area contributed by atoms with Crippen LogP contribution >= 0.6 is 0 Å². The van der Waals surface area contributed by atoms with Crippen molar-refractivity contribution in [2.45, 2.75) is 83.0 Å². The van der Waals surface area contributed by atoms with Crippen LogP contribution in [0.3, 0.4) is 0 Å². The minimum absolute atomic E-state index is 0.0297. The fourth-order valence-corrected chi connectivity index (χ4v) is 5.09. The van der Waals surface area contributed by atoms with Gasteiger partial charge in [0.1, 0.15) is 18.1 Å². The van der Waals surface area contributed by atoms with Gasteiger partial charge in [-0.25, -0.2) is 4.52 Å². The number of nitrogens with zero attached hydrogens (tertiary/aromatic N) is 2. The number of aromatic nitrogens is 2. The number of carbonyl (C=O) groups is 2. The molecule has 5 rings (SSSR count). The number of amides is 2. The average molecular weight is 521 g/mol. The zero-order chi connectivity index (χ0) is 27.0. The lowest BCUT2D eigenvalue weighted by Gasteiger charge is -2.30. The van der Waals surface area contributed by atoms with E-state index in [2.05, 4.69) is 10.4 Å². The van der Waals surface area contributed by atoms with Crippen molar-refractivity contribution in [3.63, 3.8) is 0 Å². The molecule has 1 aromatic carbocycles. The fourth-order valence-electron chi connectivity index (χ4n) is 5.09. The summed E-state index contributed by atoms with van der Waals surface area (Å²) in [4.78, 5) is 25.1. The molecule has 0 unspecified atom stereocenters. The highest BCUT2D eigenvalue weighted by Crippen LogP contribution is 2.44. The lowest BCUT2D eigenvalue weighted by atomic mass is 9.92. The molecule has 2 aliphatic rings. The van der Waals surface area contributed by atoms with Gasteiger partial charge in [0.05, 0.1) is 40.2 Å². The van der Waals surface area contributed by atoms with Crippen LogP contribution in [-0.4, -0.2) is 50.9 Å². The van der Waals surface area contributed by atoms with Crippen LogP contribution in [0.5, 0.6) is 11.5 Å². The Morgan fingerprint density at radius 1 is 1.11 bits per heavy atom. The van der Waals surface area contributed by atoms with Crippen LogP contribution < -0.4 is 20.5 Å². The molecule has 0 saturated heterocycles. The van der Waals surface area contributed by atoms with E-state index in [1.54, 1.807) is 32.2 Å². The second kappa shape index (κ2) is 10.3. The molecule has 0 atom stereocenters. The highest BCUT2D eigenvalue weighted by Gasteiger charge is 2.32. The van der Waals surface area contributed by atoms with E-state index in [1.165, 1.54) is 0 Å².